The monoisotopic (exact) mass is 437 g/mol. The second-order valence-electron chi connectivity index (χ2n) is 8.37. The number of carbonyl (C=O) groups is 2. The molecule has 2 aliphatic rings. The molecular weight excluding hydrogens is 411 g/mol. The minimum atomic E-state index is -4.16. The summed E-state index contributed by atoms with van der Waals surface area (Å²) in [6.07, 6.45) is -2.04. The maximum Gasteiger partial charge on any atom is 0.394 e. The fourth-order valence-corrected chi connectivity index (χ4v) is 4.24. The quantitative estimate of drug-likeness (QED) is 0.728. The van der Waals surface area contributed by atoms with Crippen LogP contribution in [0.3, 0.4) is 0 Å². The van der Waals surface area contributed by atoms with Crippen molar-refractivity contribution >= 4 is 28.7 Å². The van der Waals surface area contributed by atoms with Gasteiger partial charge >= 0.3 is 12.2 Å². The molecule has 1 saturated carbocycles. The first kappa shape index (κ1) is 21.5. The van der Waals surface area contributed by atoms with Crippen LogP contribution in [0.5, 0.6) is 0 Å². The molecule has 4 rings (SSSR count). The topological polar surface area (TPSA) is 70.5 Å². The fraction of sp³-hybridized carbons (Fsp3) is 0.571. The molecule has 1 aromatic carbocycles. The Morgan fingerprint density at radius 2 is 1.87 bits per heavy atom. The van der Waals surface area contributed by atoms with E-state index in [9.17, 15) is 22.8 Å². The summed E-state index contributed by atoms with van der Waals surface area (Å²) in [7, 11) is 0. The minimum absolute atomic E-state index is 0.0395. The number of anilines is 1. The van der Waals surface area contributed by atoms with Crippen molar-refractivity contribution in [2.24, 2.45) is 5.41 Å². The molecule has 168 valence electrons. The zero-order valence-corrected chi connectivity index (χ0v) is 17.4. The lowest BCUT2D eigenvalue weighted by molar-refractivity contribution is -0.189. The van der Waals surface area contributed by atoms with Gasteiger partial charge in [-0.25, -0.2) is 9.78 Å². The smallest absolute Gasteiger partial charge is 0.366 e. The number of imidazole rings is 1. The van der Waals surface area contributed by atoms with Gasteiger partial charge in [-0.2, -0.15) is 13.2 Å². The Bertz CT molecular complexity index is 975. The summed E-state index contributed by atoms with van der Waals surface area (Å²) in [5.41, 5.74) is 0.676. The second-order valence-corrected chi connectivity index (χ2v) is 8.37. The first-order valence-corrected chi connectivity index (χ1v) is 10.5. The number of benzene rings is 1. The third kappa shape index (κ3) is 4.20. The number of aromatic nitrogens is 2. The standard InChI is InChI=1S/C21H26F3N5O2/c1-15(30)27-10-12-28(13-11-27)16-4-2-5-17-18(16)26-14-29(17)19(31)25-9-3-6-20(7-8-20)21(22,23)24/h2,4-5,14H,3,6-13H2,1H3,(H,25,31). The maximum absolute atomic E-state index is 13.0. The van der Waals surface area contributed by atoms with Gasteiger partial charge in [0.05, 0.1) is 16.6 Å². The summed E-state index contributed by atoms with van der Waals surface area (Å²) in [5, 5.41) is 2.71. The average Bonchev–Trinajstić information content (AvgIpc) is 3.42. The molecule has 0 spiro atoms. The average molecular weight is 437 g/mol. The van der Waals surface area contributed by atoms with Gasteiger partial charge < -0.3 is 15.1 Å². The van der Waals surface area contributed by atoms with Crippen molar-refractivity contribution in [3.8, 4) is 0 Å². The number of alkyl halides is 3. The van der Waals surface area contributed by atoms with Crippen LogP contribution in [0.4, 0.5) is 23.7 Å². The number of piperazine rings is 1. The lowest BCUT2D eigenvalue weighted by Gasteiger charge is -2.35. The Labute approximate surface area is 178 Å². The molecule has 0 radical (unpaired) electrons. The van der Waals surface area contributed by atoms with E-state index in [1.54, 1.807) is 17.9 Å². The number of carbonyl (C=O) groups excluding carboxylic acids is 2. The van der Waals surface area contributed by atoms with Gasteiger partial charge in [0.1, 0.15) is 11.8 Å². The third-order valence-corrected chi connectivity index (χ3v) is 6.40. The lowest BCUT2D eigenvalue weighted by Crippen LogP contribution is -2.48. The fourth-order valence-electron chi connectivity index (χ4n) is 4.24. The molecule has 2 amide bonds. The first-order chi connectivity index (χ1) is 14.7. The first-order valence-electron chi connectivity index (χ1n) is 10.5. The van der Waals surface area contributed by atoms with Crippen LogP contribution < -0.4 is 10.2 Å². The Morgan fingerprint density at radius 3 is 2.48 bits per heavy atom. The lowest BCUT2D eigenvalue weighted by atomic mass is 10.00. The van der Waals surface area contributed by atoms with Crippen LogP contribution in [0.2, 0.25) is 0 Å². The largest absolute Gasteiger partial charge is 0.394 e. The highest BCUT2D eigenvalue weighted by molar-refractivity contribution is 5.95. The SMILES string of the molecule is CC(=O)N1CCN(c2cccc3c2ncn3C(=O)NCCCC2(C(F)(F)F)CC2)CC1. The molecule has 2 heterocycles. The van der Waals surface area contributed by atoms with Crippen molar-refractivity contribution in [3.05, 3.63) is 24.5 Å². The van der Waals surface area contributed by atoms with Crippen LogP contribution in [0.25, 0.3) is 11.0 Å². The van der Waals surface area contributed by atoms with Crippen LogP contribution in [0.1, 0.15) is 32.6 Å². The predicted octanol–water partition coefficient (Wildman–Crippen LogP) is 3.39. The van der Waals surface area contributed by atoms with Crippen molar-refractivity contribution in [2.75, 3.05) is 37.6 Å². The molecule has 31 heavy (non-hydrogen) atoms. The van der Waals surface area contributed by atoms with Crippen molar-refractivity contribution in [2.45, 2.75) is 38.8 Å². The molecule has 0 atom stereocenters. The van der Waals surface area contributed by atoms with Gasteiger partial charge in [-0.15, -0.1) is 0 Å². The summed E-state index contributed by atoms with van der Waals surface area (Å²) >= 11 is 0. The van der Waals surface area contributed by atoms with Crippen LogP contribution >= 0.6 is 0 Å². The van der Waals surface area contributed by atoms with Gasteiger partial charge in [0.2, 0.25) is 5.91 Å². The second kappa shape index (κ2) is 8.05. The molecule has 10 heteroatoms. The number of rotatable bonds is 5. The van der Waals surface area contributed by atoms with Crippen LogP contribution in [0.15, 0.2) is 24.5 Å². The summed E-state index contributed by atoms with van der Waals surface area (Å²) in [6, 6.07) is 5.17. The number of nitrogens with zero attached hydrogens (tertiary/aromatic N) is 4. The highest BCUT2D eigenvalue weighted by Gasteiger charge is 2.62. The number of amides is 2. The highest BCUT2D eigenvalue weighted by Crippen LogP contribution is 2.60. The van der Waals surface area contributed by atoms with E-state index in [2.05, 4.69) is 15.2 Å². The molecule has 1 N–H and O–H groups in total. The number of halogens is 3. The van der Waals surface area contributed by atoms with E-state index in [4.69, 9.17) is 0 Å². The number of fused-ring (bicyclic) bond motifs is 1. The molecule has 1 aromatic heterocycles. The van der Waals surface area contributed by atoms with Crippen molar-refractivity contribution in [3.63, 3.8) is 0 Å². The van der Waals surface area contributed by atoms with Gasteiger partial charge in [-0.1, -0.05) is 6.07 Å². The number of hydrogen-bond acceptors (Lipinski definition) is 4. The van der Waals surface area contributed by atoms with Crippen LogP contribution in [0, 0.1) is 5.41 Å². The molecule has 0 unspecified atom stereocenters. The number of nitrogens with one attached hydrogen (secondary N) is 1. The maximum atomic E-state index is 13.0. The molecule has 2 fully saturated rings. The van der Waals surface area contributed by atoms with Gasteiger partial charge in [-0.3, -0.25) is 9.36 Å². The Balaban J connectivity index is 1.38. The van der Waals surface area contributed by atoms with Crippen LogP contribution in [-0.2, 0) is 4.79 Å². The zero-order valence-electron chi connectivity index (χ0n) is 17.4. The number of hydrogen-bond donors (Lipinski definition) is 1. The van der Waals surface area contributed by atoms with E-state index in [1.165, 1.54) is 10.9 Å². The molecule has 1 saturated heterocycles. The van der Waals surface area contributed by atoms with Gasteiger partial charge in [0, 0.05) is 39.6 Å². The minimum Gasteiger partial charge on any atom is -0.366 e. The van der Waals surface area contributed by atoms with E-state index in [0.29, 0.717) is 37.2 Å². The summed E-state index contributed by atoms with van der Waals surface area (Å²) in [4.78, 5) is 32.5. The third-order valence-electron chi connectivity index (χ3n) is 6.40. The van der Waals surface area contributed by atoms with Crippen molar-refractivity contribution < 1.29 is 22.8 Å². The molecule has 0 bridgehead atoms. The van der Waals surface area contributed by atoms with Gasteiger partial charge in [-0.05, 0) is 37.8 Å². The van der Waals surface area contributed by atoms with Gasteiger partial charge in [0.25, 0.3) is 0 Å². The van der Waals surface area contributed by atoms with Crippen LogP contribution in [-0.4, -0.2) is 65.3 Å². The molecule has 7 nitrogen and oxygen atoms in total. The predicted molar refractivity (Wildman–Crippen MR) is 110 cm³/mol. The molecule has 2 aromatic rings. The van der Waals surface area contributed by atoms with E-state index < -0.39 is 17.6 Å². The van der Waals surface area contributed by atoms with Crippen molar-refractivity contribution in [1.82, 2.24) is 19.8 Å². The summed E-state index contributed by atoms with van der Waals surface area (Å²) in [6.45, 7) is 4.36. The molecule has 1 aliphatic carbocycles. The molecule has 1 aliphatic heterocycles. The van der Waals surface area contributed by atoms with E-state index in [1.807, 2.05) is 12.1 Å². The van der Waals surface area contributed by atoms with E-state index >= 15 is 0 Å². The zero-order chi connectivity index (χ0) is 22.2. The molecular formula is C21H26F3N5O2. The Kier molecular flexibility index (Phi) is 5.57. The summed E-state index contributed by atoms with van der Waals surface area (Å²) in [5.74, 6) is 0.0571. The van der Waals surface area contributed by atoms with E-state index in [0.717, 1.165) is 5.69 Å². The van der Waals surface area contributed by atoms with E-state index in [-0.39, 0.29) is 38.1 Å². The Morgan fingerprint density at radius 1 is 1.16 bits per heavy atom. The highest BCUT2D eigenvalue weighted by atomic mass is 19.4. The normalized spacial score (nSPS) is 18.3. The number of para-hydroxylation sites is 1. The summed E-state index contributed by atoms with van der Waals surface area (Å²) < 4.78 is 40.4. The Hall–Kier alpha value is -2.78. The van der Waals surface area contributed by atoms with Crippen molar-refractivity contribution in [1.29, 1.82) is 0 Å². The van der Waals surface area contributed by atoms with Gasteiger partial charge in [0.15, 0.2) is 0 Å².